The van der Waals surface area contributed by atoms with Crippen molar-refractivity contribution in [3.05, 3.63) is 35.6 Å². The zero-order valence-corrected chi connectivity index (χ0v) is 10.4. The highest BCUT2D eigenvalue weighted by Gasteiger charge is 2.06. The number of amides is 1. The van der Waals surface area contributed by atoms with Crippen molar-refractivity contribution in [2.45, 2.75) is 19.4 Å². The minimum atomic E-state index is -0.647. The first-order chi connectivity index (χ1) is 8.59. The molecule has 1 aromatic carbocycles. The molecule has 3 N–H and O–H groups in total. The molecule has 0 aliphatic rings. The monoisotopic (exact) mass is 254 g/mol. The van der Waals surface area contributed by atoms with Gasteiger partial charge in [-0.05, 0) is 30.7 Å². The normalized spacial score (nSPS) is 12.2. The molecule has 0 fully saturated rings. The van der Waals surface area contributed by atoms with E-state index in [4.69, 9.17) is 0 Å². The van der Waals surface area contributed by atoms with E-state index in [2.05, 4.69) is 10.6 Å². The van der Waals surface area contributed by atoms with Crippen molar-refractivity contribution in [3.8, 4) is 0 Å². The van der Waals surface area contributed by atoms with E-state index in [0.717, 1.165) is 6.42 Å². The molecule has 1 amide bonds. The second kappa shape index (κ2) is 7.79. The number of aliphatic hydroxyl groups is 1. The maximum Gasteiger partial charge on any atom is 0.216 e. The van der Waals surface area contributed by atoms with Crippen molar-refractivity contribution in [1.82, 2.24) is 10.6 Å². The van der Waals surface area contributed by atoms with Crippen LogP contribution in [0.5, 0.6) is 0 Å². The van der Waals surface area contributed by atoms with Gasteiger partial charge in [-0.15, -0.1) is 0 Å². The Hall–Kier alpha value is -1.46. The van der Waals surface area contributed by atoms with Crippen LogP contribution in [0.4, 0.5) is 4.39 Å². The summed E-state index contributed by atoms with van der Waals surface area (Å²) in [5, 5.41) is 15.6. The first-order valence-electron chi connectivity index (χ1n) is 5.98. The van der Waals surface area contributed by atoms with Crippen LogP contribution in [0.3, 0.4) is 0 Å². The molecule has 18 heavy (non-hydrogen) atoms. The lowest BCUT2D eigenvalue weighted by molar-refractivity contribution is -0.118. The molecule has 0 heterocycles. The highest BCUT2D eigenvalue weighted by Crippen LogP contribution is 2.12. The molecule has 100 valence electrons. The summed E-state index contributed by atoms with van der Waals surface area (Å²) in [4.78, 5) is 10.6. The van der Waals surface area contributed by atoms with Crippen molar-refractivity contribution in [2.24, 2.45) is 0 Å². The third kappa shape index (κ3) is 5.75. The van der Waals surface area contributed by atoms with E-state index in [1.807, 2.05) is 0 Å². The lowest BCUT2D eigenvalue weighted by Gasteiger charge is -2.12. The van der Waals surface area contributed by atoms with E-state index < -0.39 is 6.10 Å². The molecule has 0 spiro atoms. The molecule has 0 saturated carbocycles. The molecule has 0 radical (unpaired) electrons. The van der Waals surface area contributed by atoms with Gasteiger partial charge in [0, 0.05) is 20.0 Å². The van der Waals surface area contributed by atoms with Crippen LogP contribution in [0.1, 0.15) is 25.0 Å². The molecule has 0 saturated heterocycles. The molecule has 1 atom stereocenters. The Labute approximate surface area is 106 Å². The number of aliphatic hydroxyl groups excluding tert-OH is 1. The lowest BCUT2D eigenvalue weighted by atomic mass is 10.1. The summed E-state index contributed by atoms with van der Waals surface area (Å²) < 4.78 is 12.7. The average molecular weight is 254 g/mol. The Morgan fingerprint density at radius 1 is 1.33 bits per heavy atom. The van der Waals surface area contributed by atoms with E-state index in [9.17, 15) is 14.3 Å². The zero-order chi connectivity index (χ0) is 13.4. The molecule has 1 aromatic rings. The quantitative estimate of drug-likeness (QED) is 0.636. The third-order valence-electron chi connectivity index (χ3n) is 2.50. The molecule has 1 unspecified atom stereocenters. The summed E-state index contributed by atoms with van der Waals surface area (Å²) in [5.74, 6) is -0.351. The van der Waals surface area contributed by atoms with E-state index in [1.54, 1.807) is 12.1 Å². The number of rotatable bonds is 7. The van der Waals surface area contributed by atoms with Crippen LogP contribution in [0.15, 0.2) is 24.3 Å². The summed E-state index contributed by atoms with van der Waals surface area (Å²) in [6.07, 6.45) is 0.154. The van der Waals surface area contributed by atoms with Gasteiger partial charge in [-0.2, -0.15) is 0 Å². The fourth-order valence-electron chi connectivity index (χ4n) is 1.52. The Morgan fingerprint density at radius 2 is 2.00 bits per heavy atom. The predicted octanol–water partition coefficient (Wildman–Crippen LogP) is 0.975. The maximum atomic E-state index is 12.7. The fourth-order valence-corrected chi connectivity index (χ4v) is 1.52. The summed E-state index contributed by atoms with van der Waals surface area (Å²) in [7, 11) is 0. The molecule has 0 bridgehead atoms. The first kappa shape index (κ1) is 14.6. The Bertz CT molecular complexity index is 368. The highest BCUT2D eigenvalue weighted by molar-refractivity contribution is 5.72. The number of halogens is 1. The van der Waals surface area contributed by atoms with Gasteiger partial charge in [-0.25, -0.2) is 4.39 Å². The number of benzene rings is 1. The van der Waals surface area contributed by atoms with Crippen molar-refractivity contribution >= 4 is 5.91 Å². The number of hydrogen-bond donors (Lipinski definition) is 3. The number of carbonyl (C=O) groups excluding carboxylic acids is 1. The van der Waals surface area contributed by atoms with Crippen molar-refractivity contribution in [3.63, 3.8) is 0 Å². The topological polar surface area (TPSA) is 61.4 Å². The van der Waals surface area contributed by atoms with Gasteiger partial charge in [-0.1, -0.05) is 12.1 Å². The summed E-state index contributed by atoms with van der Waals surface area (Å²) in [6, 6.07) is 5.79. The summed E-state index contributed by atoms with van der Waals surface area (Å²) in [6.45, 7) is 3.21. The zero-order valence-electron chi connectivity index (χ0n) is 10.4. The molecule has 0 aliphatic carbocycles. The van der Waals surface area contributed by atoms with Crippen molar-refractivity contribution < 1.29 is 14.3 Å². The van der Waals surface area contributed by atoms with E-state index in [-0.39, 0.29) is 11.7 Å². The van der Waals surface area contributed by atoms with Crippen molar-refractivity contribution in [2.75, 3.05) is 19.6 Å². The minimum absolute atomic E-state index is 0.0404. The Balaban J connectivity index is 2.15. The first-order valence-corrected chi connectivity index (χ1v) is 5.98. The van der Waals surface area contributed by atoms with Crippen LogP contribution in [0.25, 0.3) is 0 Å². The van der Waals surface area contributed by atoms with E-state index in [0.29, 0.717) is 25.2 Å². The predicted molar refractivity (Wildman–Crippen MR) is 67.5 cm³/mol. The molecular formula is C13H19FN2O2. The standard InChI is InChI=1S/C13H19FN2O2/c1-10(17)16-8-2-7-15-9-13(18)11-3-5-12(14)6-4-11/h3-6,13,15,18H,2,7-9H2,1H3,(H,16,17). The largest absolute Gasteiger partial charge is 0.387 e. The van der Waals surface area contributed by atoms with Gasteiger partial charge in [-0.3, -0.25) is 4.79 Å². The Morgan fingerprint density at radius 3 is 2.61 bits per heavy atom. The van der Waals surface area contributed by atoms with Gasteiger partial charge >= 0.3 is 0 Å². The molecular weight excluding hydrogens is 235 g/mol. The SMILES string of the molecule is CC(=O)NCCCNCC(O)c1ccc(F)cc1. The smallest absolute Gasteiger partial charge is 0.216 e. The van der Waals surface area contributed by atoms with Crippen LogP contribution >= 0.6 is 0 Å². The molecule has 1 rings (SSSR count). The number of carbonyl (C=O) groups is 1. The maximum absolute atomic E-state index is 12.7. The summed E-state index contributed by atoms with van der Waals surface area (Å²) >= 11 is 0. The highest BCUT2D eigenvalue weighted by atomic mass is 19.1. The number of nitrogens with one attached hydrogen (secondary N) is 2. The molecule has 0 aromatic heterocycles. The molecule has 0 aliphatic heterocycles. The third-order valence-corrected chi connectivity index (χ3v) is 2.50. The average Bonchev–Trinajstić information content (AvgIpc) is 2.34. The molecule has 5 heteroatoms. The van der Waals surface area contributed by atoms with Gasteiger partial charge in [0.25, 0.3) is 0 Å². The van der Waals surface area contributed by atoms with Gasteiger partial charge in [0.1, 0.15) is 5.82 Å². The summed E-state index contributed by atoms with van der Waals surface area (Å²) in [5.41, 5.74) is 0.686. The van der Waals surface area contributed by atoms with Gasteiger partial charge in [0.2, 0.25) is 5.91 Å². The van der Waals surface area contributed by atoms with Crippen LogP contribution in [0.2, 0.25) is 0 Å². The fraction of sp³-hybridized carbons (Fsp3) is 0.462. The van der Waals surface area contributed by atoms with Crippen LogP contribution in [-0.4, -0.2) is 30.6 Å². The Kier molecular flexibility index (Phi) is 6.32. The van der Waals surface area contributed by atoms with Crippen LogP contribution < -0.4 is 10.6 Å². The van der Waals surface area contributed by atoms with E-state index >= 15 is 0 Å². The number of hydrogen-bond acceptors (Lipinski definition) is 3. The van der Waals surface area contributed by atoms with Crippen molar-refractivity contribution in [1.29, 1.82) is 0 Å². The second-order valence-electron chi connectivity index (χ2n) is 4.11. The minimum Gasteiger partial charge on any atom is -0.387 e. The van der Waals surface area contributed by atoms with Gasteiger partial charge in [0.15, 0.2) is 0 Å². The second-order valence-corrected chi connectivity index (χ2v) is 4.11. The molecule has 4 nitrogen and oxygen atoms in total. The lowest BCUT2D eigenvalue weighted by Crippen LogP contribution is -2.27. The van der Waals surface area contributed by atoms with Crippen LogP contribution in [-0.2, 0) is 4.79 Å². The van der Waals surface area contributed by atoms with Crippen LogP contribution in [0, 0.1) is 5.82 Å². The van der Waals surface area contributed by atoms with E-state index in [1.165, 1.54) is 19.1 Å². The van der Waals surface area contributed by atoms with Gasteiger partial charge < -0.3 is 15.7 Å². The van der Waals surface area contributed by atoms with Gasteiger partial charge in [0.05, 0.1) is 6.10 Å².